The van der Waals surface area contributed by atoms with Crippen LogP contribution in [0.4, 0.5) is 4.39 Å². The molecule has 0 saturated heterocycles. The molecule has 1 fully saturated rings. The number of hydrogen-bond acceptors (Lipinski definition) is 2. The van der Waals surface area contributed by atoms with E-state index in [0.717, 1.165) is 31.2 Å². The fraction of sp³-hybridized carbons (Fsp3) is 0.562. The van der Waals surface area contributed by atoms with E-state index in [1.165, 1.54) is 12.1 Å². The highest BCUT2D eigenvalue weighted by Gasteiger charge is 2.38. The molecule has 1 amide bonds. The zero-order chi connectivity index (χ0) is 14.8. The Hall–Kier alpha value is -1.42. The highest BCUT2D eigenvalue weighted by atomic mass is 19.1. The molecule has 3 nitrogen and oxygen atoms in total. The van der Waals surface area contributed by atoms with Gasteiger partial charge in [0.1, 0.15) is 5.82 Å². The molecule has 1 aliphatic carbocycles. The molecule has 0 aliphatic heterocycles. The number of rotatable bonds is 4. The number of halogens is 1. The standard InChI is InChI=1S/C16H23FN2O/c1-11(12(2)18)15(20)19-16(9-3-4-10-16)13-5-7-14(17)8-6-13/h5-8,11-12H,3-4,9-10,18H2,1-2H3,(H,19,20). The van der Waals surface area contributed by atoms with Crippen molar-refractivity contribution in [3.63, 3.8) is 0 Å². The molecule has 20 heavy (non-hydrogen) atoms. The van der Waals surface area contributed by atoms with E-state index in [-0.39, 0.29) is 29.2 Å². The van der Waals surface area contributed by atoms with Gasteiger partial charge in [-0.3, -0.25) is 4.79 Å². The minimum atomic E-state index is -0.353. The van der Waals surface area contributed by atoms with Crippen molar-refractivity contribution in [3.05, 3.63) is 35.6 Å². The lowest BCUT2D eigenvalue weighted by molar-refractivity contribution is -0.127. The number of nitrogens with two attached hydrogens (primary N) is 1. The maximum absolute atomic E-state index is 13.1. The molecular weight excluding hydrogens is 255 g/mol. The van der Waals surface area contributed by atoms with Gasteiger partial charge in [-0.2, -0.15) is 0 Å². The minimum Gasteiger partial charge on any atom is -0.346 e. The molecule has 110 valence electrons. The van der Waals surface area contributed by atoms with Gasteiger partial charge in [0.15, 0.2) is 0 Å². The summed E-state index contributed by atoms with van der Waals surface area (Å²) < 4.78 is 13.1. The zero-order valence-electron chi connectivity index (χ0n) is 12.2. The number of carbonyl (C=O) groups is 1. The van der Waals surface area contributed by atoms with E-state index in [1.807, 2.05) is 13.8 Å². The first-order chi connectivity index (χ1) is 9.44. The molecule has 1 aliphatic rings. The monoisotopic (exact) mass is 278 g/mol. The van der Waals surface area contributed by atoms with E-state index in [1.54, 1.807) is 12.1 Å². The Balaban J connectivity index is 2.22. The van der Waals surface area contributed by atoms with Crippen molar-refractivity contribution in [3.8, 4) is 0 Å². The lowest BCUT2D eigenvalue weighted by Gasteiger charge is -2.33. The fourth-order valence-corrected chi connectivity index (χ4v) is 2.82. The number of nitrogens with one attached hydrogen (secondary N) is 1. The summed E-state index contributed by atoms with van der Waals surface area (Å²) in [6.07, 6.45) is 3.94. The molecule has 1 saturated carbocycles. The summed E-state index contributed by atoms with van der Waals surface area (Å²) in [4.78, 5) is 12.3. The van der Waals surface area contributed by atoms with Gasteiger partial charge in [0.05, 0.1) is 5.54 Å². The lowest BCUT2D eigenvalue weighted by atomic mass is 9.87. The SMILES string of the molecule is CC(N)C(C)C(=O)NC1(c2ccc(F)cc2)CCCC1. The predicted molar refractivity (Wildman–Crippen MR) is 77.5 cm³/mol. The van der Waals surface area contributed by atoms with Crippen LogP contribution < -0.4 is 11.1 Å². The topological polar surface area (TPSA) is 55.1 Å². The van der Waals surface area contributed by atoms with Gasteiger partial charge >= 0.3 is 0 Å². The van der Waals surface area contributed by atoms with Crippen molar-refractivity contribution in [1.82, 2.24) is 5.32 Å². The van der Waals surface area contributed by atoms with E-state index >= 15 is 0 Å². The summed E-state index contributed by atoms with van der Waals surface area (Å²) >= 11 is 0. The lowest BCUT2D eigenvalue weighted by Crippen LogP contribution is -2.48. The number of carbonyl (C=O) groups excluding carboxylic acids is 1. The number of amides is 1. The van der Waals surface area contributed by atoms with Crippen molar-refractivity contribution >= 4 is 5.91 Å². The van der Waals surface area contributed by atoms with E-state index in [2.05, 4.69) is 5.32 Å². The molecule has 4 heteroatoms. The summed E-state index contributed by atoms with van der Waals surface area (Å²) in [6.45, 7) is 3.68. The average molecular weight is 278 g/mol. The molecule has 1 aromatic carbocycles. The molecule has 0 aromatic heterocycles. The molecule has 2 unspecified atom stereocenters. The van der Waals surface area contributed by atoms with E-state index in [9.17, 15) is 9.18 Å². The molecule has 1 aromatic rings. The Morgan fingerprint density at radius 1 is 1.25 bits per heavy atom. The molecule has 2 rings (SSSR count). The Labute approximate surface area is 119 Å². The third-order valence-corrected chi connectivity index (χ3v) is 4.42. The van der Waals surface area contributed by atoms with Gasteiger partial charge in [-0.05, 0) is 37.5 Å². The maximum Gasteiger partial charge on any atom is 0.225 e. The minimum absolute atomic E-state index is 0.0220. The first-order valence-electron chi connectivity index (χ1n) is 7.28. The largest absolute Gasteiger partial charge is 0.346 e. The molecular formula is C16H23FN2O. The molecule has 0 radical (unpaired) electrons. The normalized spacial score (nSPS) is 20.4. The van der Waals surface area contributed by atoms with Crippen LogP contribution in [0.3, 0.4) is 0 Å². The van der Waals surface area contributed by atoms with Crippen LogP contribution in [0, 0.1) is 11.7 Å². The number of benzene rings is 1. The maximum atomic E-state index is 13.1. The predicted octanol–water partition coefficient (Wildman–Crippen LogP) is 2.69. The van der Waals surface area contributed by atoms with Crippen LogP contribution >= 0.6 is 0 Å². The third kappa shape index (κ3) is 3.01. The Kier molecular flexibility index (Phi) is 4.43. The second kappa shape index (κ2) is 5.92. The van der Waals surface area contributed by atoms with Gasteiger partial charge in [0.25, 0.3) is 0 Å². The van der Waals surface area contributed by atoms with E-state index in [4.69, 9.17) is 5.73 Å². The highest BCUT2D eigenvalue weighted by molar-refractivity contribution is 5.80. The smallest absolute Gasteiger partial charge is 0.225 e. The Morgan fingerprint density at radius 3 is 2.30 bits per heavy atom. The van der Waals surface area contributed by atoms with Crippen LogP contribution in [0.15, 0.2) is 24.3 Å². The second-order valence-electron chi connectivity index (χ2n) is 5.93. The van der Waals surface area contributed by atoms with Crippen molar-refractivity contribution in [2.45, 2.75) is 51.1 Å². The van der Waals surface area contributed by atoms with Crippen LogP contribution in [-0.2, 0) is 10.3 Å². The van der Waals surface area contributed by atoms with Gasteiger partial charge in [0.2, 0.25) is 5.91 Å². The Morgan fingerprint density at radius 2 is 1.80 bits per heavy atom. The van der Waals surface area contributed by atoms with Crippen LogP contribution in [0.5, 0.6) is 0 Å². The van der Waals surface area contributed by atoms with E-state index in [0.29, 0.717) is 0 Å². The van der Waals surface area contributed by atoms with Crippen LogP contribution in [0.1, 0.15) is 45.1 Å². The summed E-state index contributed by atoms with van der Waals surface area (Å²) in [6, 6.07) is 6.28. The second-order valence-corrected chi connectivity index (χ2v) is 5.93. The first-order valence-corrected chi connectivity index (χ1v) is 7.28. The van der Waals surface area contributed by atoms with Crippen LogP contribution in [0.2, 0.25) is 0 Å². The van der Waals surface area contributed by atoms with Crippen molar-refractivity contribution in [1.29, 1.82) is 0 Å². The van der Waals surface area contributed by atoms with Crippen molar-refractivity contribution in [2.75, 3.05) is 0 Å². The summed E-state index contributed by atoms with van der Waals surface area (Å²) in [7, 11) is 0. The van der Waals surface area contributed by atoms with Gasteiger partial charge in [0, 0.05) is 12.0 Å². The quantitative estimate of drug-likeness (QED) is 0.889. The van der Waals surface area contributed by atoms with Gasteiger partial charge < -0.3 is 11.1 Å². The molecule has 0 bridgehead atoms. The van der Waals surface area contributed by atoms with Crippen LogP contribution in [0.25, 0.3) is 0 Å². The van der Waals surface area contributed by atoms with Gasteiger partial charge in [-0.15, -0.1) is 0 Å². The summed E-state index contributed by atoms with van der Waals surface area (Å²) in [5, 5.41) is 3.17. The molecule has 0 heterocycles. The van der Waals surface area contributed by atoms with E-state index < -0.39 is 0 Å². The number of hydrogen-bond donors (Lipinski definition) is 2. The summed E-state index contributed by atoms with van der Waals surface area (Å²) in [5.41, 5.74) is 6.44. The first kappa shape index (κ1) is 15.0. The highest BCUT2D eigenvalue weighted by Crippen LogP contribution is 2.39. The van der Waals surface area contributed by atoms with Crippen molar-refractivity contribution in [2.24, 2.45) is 11.7 Å². The Bertz CT molecular complexity index is 464. The zero-order valence-corrected chi connectivity index (χ0v) is 12.2. The molecule has 0 spiro atoms. The van der Waals surface area contributed by atoms with Gasteiger partial charge in [-0.1, -0.05) is 31.9 Å². The molecule has 2 atom stereocenters. The molecule has 3 N–H and O–H groups in total. The fourth-order valence-electron chi connectivity index (χ4n) is 2.82. The van der Waals surface area contributed by atoms with Gasteiger partial charge in [-0.25, -0.2) is 4.39 Å². The summed E-state index contributed by atoms with van der Waals surface area (Å²) in [5.74, 6) is -0.503. The van der Waals surface area contributed by atoms with Crippen molar-refractivity contribution < 1.29 is 9.18 Å². The third-order valence-electron chi connectivity index (χ3n) is 4.42. The van der Waals surface area contributed by atoms with Crippen LogP contribution in [-0.4, -0.2) is 11.9 Å². The average Bonchev–Trinajstić information content (AvgIpc) is 2.88.